The first-order chi connectivity index (χ1) is 32.8. The van der Waals surface area contributed by atoms with Crippen LogP contribution in [0, 0.1) is 0 Å². The molecule has 1 fully saturated rings. The Hall–Kier alpha value is -1.59. The molecular formula is C58H109NO8. The molecule has 7 unspecified atom stereocenters. The van der Waals surface area contributed by atoms with Crippen LogP contribution in [0.4, 0.5) is 0 Å². The van der Waals surface area contributed by atoms with Gasteiger partial charge in [0.05, 0.1) is 25.4 Å². The molecule has 0 aliphatic carbocycles. The number of hydrogen-bond acceptors (Lipinski definition) is 8. The molecule has 7 atom stereocenters. The summed E-state index contributed by atoms with van der Waals surface area (Å²) in [6.07, 6.45) is 55.5. The van der Waals surface area contributed by atoms with E-state index in [2.05, 4.69) is 55.6 Å². The van der Waals surface area contributed by atoms with Gasteiger partial charge in [0, 0.05) is 6.42 Å². The number of nitrogens with one attached hydrogen (secondary N) is 1. The molecule has 1 aliphatic rings. The number of amides is 1. The van der Waals surface area contributed by atoms with Crippen molar-refractivity contribution in [3.8, 4) is 0 Å². The Labute approximate surface area is 412 Å². The lowest BCUT2D eigenvalue weighted by Gasteiger charge is -2.40. The summed E-state index contributed by atoms with van der Waals surface area (Å²) in [5.41, 5.74) is 0. The highest BCUT2D eigenvalue weighted by Crippen LogP contribution is 2.23. The van der Waals surface area contributed by atoms with E-state index in [9.17, 15) is 30.3 Å². The van der Waals surface area contributed by atoms with Crippen molar-refractivity contribution in [2.45, 2.75) is 314 Å². The summed E-state index contributed by atoms with van der Waals surface area (Å²) in [7, 11) is 0. The minimum atomic E-state index is -1.55. The number of hydrogen-bond donors (Lipinski definition) is 6. The van der Waals surface area contributed by atoms with Crippen LogP contribution in [-0.2, 0) is 14.3 Å². The lowest BCUT2D eigenvalue weighted by atomic mass is 9.99. The molecule has 0 bridgehead atoms. The van der Waals surface area contributed by atoms with Crippen molar-refractivity contribution in [2.75, 3.05) is 13.2 Å². The van der Waals surface area contributed by atoms with E-state index in [0.717, 1.165) is 64.2 Å². The summed E-state index contributed by atoms with van der Waals surface area (Å²) in [5, 5.41) is 54.0. The number of carbonyl (C=O) groups excluding carboxylic acids is 1. The number of allylic oxidation sites excluding steroid dienone is 6. The van der Waals surface area contributed by atoms with E-state index >= 15 is 0 Å². The fraction of sp³-hybridized carbons (Fsp3) is 0.879. The molecule has 0 aromatic heterocycles. The highest BCUT2D eigenvalue weighted by atomic mass is 16.7. The fourth-order valence-corrected chi connectivity index (χ4v) is 9.17. The number of ether oxygens (including phenoxy) is 2. The molecule has 1 aliphatic heterocycles. The minimum absolute atomic E-state index is 0.137. The largest absolute Gasteiger partial charge is 0.394 e. The van der Waals surface area contributed by atoms with Crippen LogP contribution in [0.2, 0.25) is 0 Å². The SMILES string of the molecule is CCCCCCC/C=C\C/C=C\C/C=C\CCCCCCCCCCCCCCCCCCCCCCCCCCC(=O)NC(COC1OC(CO)C(O)C(O)C1O)C(O)CCCCCCC. The second-order valence-electron chi connectivity index (χ2n) is 20.1. The van der Waals surface area contributed by atoms with Gasteiger partial charge in [0.1, 0.15) is 24.4 Å². The van der Waals surface area contributed by atoms with E-state index in [0.29, 0.717) is 12.8 Å². The van der Waals surface area contributed by atoms with Crippen molar-refractivity contribution in [1.29, 1.82) is 0 Å². The lowest BCUT2D eigenvalue weighted by Crippen LogP contribution is -2.60. The molecule has 0 saturated carbocycles. The molecule has 1 amide bonds. The van der Waals surface area contributed by atoms with E-state index in [1.807, 2.05) is 0 Å². The Kier molecular flexibility index (Phi) is 45.5. The number of rotatable bonds is 49. The normalized spacial score (nSPS) is 19.9. The van der Waals surface area contributed by atoms with Gasteiger partial charge in [0.25, 0.3) is 0 Å². The summed E-state index contributed by atoms with van der Waals surface area (Å²) >= 11 is 0. The van der Waals surface area contributed by atoms with Gasteiger partial charge in [-0.3, -0.25) is 4.79 Å². The number of carbonyl (C=O) groups is 1. The second-order valence-corrected chi connectivity index (χ2v) is 20.1. The summed E-state index contributed by atoms with van der Waals surface area (Å²) < 4.78 is 11.2. The second kappa shape index (κ2) is 48.1. The average molecular weight is 949 g/mol. The van der Waals surface area contributed by atoms with Crippen molar-refractivity contribution in [3.05, 3.63) is 36.5 Å². The number of aliphatic hydroxyl groups excluding tert-OH is 5. The molecule has 67 heavy (non-hydrogen) atoms. The van der Waals surface area contributed by atoms with Crippen LogP contribution < -0.4 is 5.32 Å². The van der Waals surface area contributed by atoms with Gasteiger partial charge in [-0.25, -0.2) is 0 Å². The molecule has 1 saturated heterocycles. The van der Waals surface area contributed by atoms with Crippen molar-refractivity contribution in [3.63, 3.8) is 0 Å². The smallest absolute Gasteiger partial charge is 0.220 e. The van der Waals surface area contributed by atoms with Gasteiger partial charge in [-0.05, 0) is 51.4 Å². The molecule has 394 valence electrons. The van der Waals surface area contributed by atoms with Crippen molar-refractivity contribution >= 4 is 5.91 Å². The Morgan fingerprint density at radius 1 is 0.507 bits per heavy atom. The first-order valence-electron chi connectivity index (χ1n) is 28.7. The Morgan fingerprint density at radius 3 is 1.30 bits per heavy atom. The maximum Gasteiger partial charge on any atom is 0.220 e. The van der Waals surface area contributed by atoms with Crippen molar-refractivity contribution in [1.82, 2.24) is 5.32 Å². The standard InChI is InChI=1S/C58H109NO8/c1-3-5-7-9-10-11-12-13-14-15-16-17-18-19-20-21-22-23-24-25-26-27-28-29-30-31-32-33-34-35-36-37-38-39-40-41-42-44-46-48-54(62)59-51(52(61)47-45-43-8-6-4-2)50-66-58-57(65)56(64)55(63)53(49-60)67-58/h12-13,15-16,18-19,51-53,55-58,60-61,63-65H,3-11,14,17,20-50H2,1-2H3,(H,59,62)/b13-12-,16-15-,19-18-. The monoisotopic (exact) mass is 948 g/mol. The Bertz CT molecular complexity index is 1150. The van der Waals surface area contributed by atoms with Crippen LogP contribution in [0.15, 0.2) is 36.5 Å². The number of aliphatic hydroxyl groups is 5. The molecule has 0 radical (unpaired) electrons. The third-order valence-electron chi connectivity index (χ3n) is 13.7. The van der Waals surface area contributed by atoms with E-state index in [1.54, 1.807) is 0 Å². The molecule has 6 N–H and O–H groups in total. The maximum absolute atomic E-state index is 12.9. The first kappa shape index (κ1) is 63.4. The van der Waals surface area contributed by atoms with Crippen LogP contribution in [0.25, 0.3) is 0 Å². The van der Waals surface area contributed by atoms with Gasteiger partial charge in [-0.1, -0.05) is 249 Å². The molecule has 9 heteroatoms. The third kappa shape index (κ3) is 37.9. The molecule has 9 nitrogen and oxygen atoms in total. The topological polar surface area (TPSA) is 149 Å². The summed E-state index contributed by atoms with van der Waals surface area (Å²) in [5.74, 6) is -0.148. The third-order valence-corrected chi connectivity index (χ3v) is 13.7. The molecule has 1 rings (SSSR count). The minimum Gasteiger partial charge on any atom is -0.394 e. The van der Waals surface area contributed by atoms with Gasteiger partial charge >= 0.3 is 0 Å². The van der Waals surface area contributed by atoms with E-state index in [4.69, 9.17) is 9.47 Å². The zero-order chi connectivity index (χ0) is 48.7. The maximum atomic E-state index is 12.9. The molecule has 1 heterocycles. The van der Waals surface area contributed by atoms with Crippen LogP contribution in [0.5, 0.6) is 0 Å². The molecule has 0 aromatic carbocycles. The first-order valence-corrected chi connectivity index (χ1v) is 28.7. The molecule has 0 aromatic rings. The number of unbranched alkanes of at least 4 members (excludes halogenated alkanes) is 33. The highest BCUT2D eigenvalue weighted by molar-refractivity contribution is 5.76. The van der Waals surface area contributed by atoms with E-state index in [-0.39, 0.29) is 12.5 Å². The van der Waals surface area contributed by atoms with Crippen molar-refractivity contribution in [2.24, 2.45) is 0 Å². The zero-order valence-corrected chi connectivity index (χ0v) is 43.7. The predicted octanol–water partition coefficient (Wildman–Crippen LogP) is 14.0. The van der Waals surface area contributed by atoms with E-state index < -0.39 is 49.5 Å². The Morgan fingerprint density at radius 2 is 0.881 bits per heavy atom. The van der Waals surface area contributed by atoms with Gasteiger partial charge in [-0.15, -0.1) is 0 Å². The van der Waals surface area contributed by atoms with Crippen molar-refractivity contribution < 1.29 is 39.8 Å². The van der Waals surface area contributed by atoms with Crippen LogP contribution in [0.1, 0.15) is 271 Å². The quantitative estimate of drug-likeness (QED) is 0.0261. The average Bonchev–Trinajstić information content (AvgIpc) is 3.33. The summed E-state index contributed by atoms with van der Waals surface area (Å²) in [6, 6.07) is -0.712. The van der Waals surface area contributed by atoms with Crippen LogP contribution >= 0.6 is 0 Å². The highest BCUT2D eigenvalue weighted by Gasteiger charge is 2.44. The lowest BCUT2D eigenvalue weighted by molar-refractivity contribution is -0.302. The molecular weight excluding hydrogens is 839 g/mol. The summed E-state index contributed by atoms with van der Waals surface area (Å²) in [4.78, 5) is 12.9. The van der Waals surface area contributed by atoms with E-state index in [1.165, 1.54) is 180 Å². The molecule has 0 spiro atoms. The van der Waals surface area contributed by atoms with Gasteiger partial charge < -0.3 is 40.3 Å². The van der Waals surface area contributed by atoms with Gasteiger partial charge in [0.15, 0.2) is 6.29 Å². The summed E-state index contributed by atoms with van der Waals surface area (Å²) in [6.45, 7) is 3.74. The zero-order valence-electron chi connectivity index (χ0n) is 43.7. The predicted molar refractivity (Wildman–Crippen MR) is 281 cm³/mol. The van der Waals surface area contributed by atoms with Gasteiger partial charge in [-0.2, -0.15) is 0 Å². The Balaban J connectivity index is 1.93. The van der Waals surface area contributed by atoms with Gasteiger partial charge in [0.2, 0.25) is 5.91 Å². The van der Waals surface area contributed by atoms with Crippen LogP contribution in [-0.4, -0.2) is 87.5 Å². The fourth-order valence-electron chi connectivity index (χ4n) is 9.17. The van der Waals surface area contributed by atoms with Crippen LogP contribution in [0.3, 0.4) is 0 Å².